The summed E-state index contributed by atoms with van der Waals surface area (Å²) < 4.78 is 5.00. The summed E-state index contributed by atoms with van der Waals surface area (Å²) in [6.45, 7) is 0. The van der Waals surface area contributed by atoms with Crippen LogP contribution in [0.4, 0.5) is 21.9 Å². The van der Waals surface area contributed by atoms with Gasteiger partial charge in [-0.05, 0) is 18.2 Å². The van der Waals surface area contributed by atoms with Crippen molar-refractivity contribution in [1.29, 1.82) is 0 Å². The number of nitrogens with one attached hydrogen (secondary N) is 2. The molecule has 0 aliphatic rings. The van der Waals surface area contributed by atoms with E-state index in [2.05, 4.69) is 10.6 Å². The highest BCUT2D eigenvalue weighted by Gasteiger charge is 2.19. The summed E-state index contributed by atoms with van der Waals surface area (Å²) in [5, 5.41) is 16.4. The van der Waals surface area contributed by atoms with E-state index in [1.807, 2.05) is 0 Å². The third-order valence-corrected chi connectivity index (χ3v) is 3.09. The average Bonchev–Trinajstić information content (AvgIpc) is 2.49. The molecule has 7 nitrogen and oxygen atoms in total. The average molecular weight is 322 g/mol. The Morgan fingerprint density at radius 3 is 2.41 bits per heavy atom. The number of rotatable bonds is 4. The number of methoxy groups -OCH3 is 1. The Labute approximate surface area is 131 Å². The van der Waals surface area contributed by atoms with Gasteiger partial charge >= 0.3 is 11.7 Å². The molecule has 0 aromatic heterocycles. The highest BCUT2D eigenvalue weighted by atomic mass is 35.5. The monoisotopic (exact) mass is 321 g/mol. The molecule has 2 N–H and O–H groups in total. The zero-order valence-electron chi connectivity index (χ0n) is 11.5. The Morgan fingerprint density at radius 1 is 1.14 bits per heavy atom. The van der Waals surface area contributed by atoms with Crippen LogP contribution in [0.5, 0.6) is 5.75 Å². The highest BCUT2D eigenvalue weighted by Crippen LogP contribution is 2.34. The van der Waals surface area contributed by atoms with E-state index in [0.29, 0.717) is 10.7 Å². The van der Waals surface area contributed by atoms with Crippen LogP contribution in [0.25, 0.3) is 0 Å². The maximum atomic E-state index is 12.0. The quantitative estimate of drug-likeness (QED) is 0.659. The first-order valence-corrected chi connectivity index (χ1v) is 6.54. The van der Waals surface area contributed by atoms with Crippen molar-refractivity contribution in [3.63, 3.8) is 0 Å². The van der Waals surface area contributed by atoms with Crippen LogP contribution in [-0.4, -0.2) is 18.1 Å². The van der Waals surface area contributed by atoms with Gasteiger partial charge in [0.1, 0.15) is 0 Å². The third-order valence-electron chi connectivity index (χ3n) is 2.77. The molecule has 0 aliphatic heterocycles. The Hall–Kier alpha value is -2.80. The summed E-state index contributed by atoms with van der Waals surface area (Å²) in [5.74, 6) is -0.0261. The first-order valence-electron chi connectivity index (χ1n) is 6.17. The molecule has 22 heavy (non-hydrogen) atoms. The number of carbonyl (C=O) groups excluding carboxylic acids is 1. The number of urea groups is 1. The fourth-order valence-electron chi connectivity index (χ4n) is 1.82. The molecule has 0 fully saturated rings. The Morgan fingerprint density at radius 2 is 1.77 bits per heavy atom. The second-order valence-electron chi connectivity index (χ2n) is 4.17. The van der Waals surface area contributed by atoms with E-state index in [0.717, 1.165) is 0 Å². The van der Waals surface area contributed by atoms with E-state index in [-0.39, 0.29) is 17.1 Å². The van der Waals surface area contributed by atoms with Gasteiger partial charge in [0, 0.05) is 6.07 Å². The van der Waals surface area contributed by atoms with Crippen molar-refractivity contribution in [3.8, 4) is 5.75 Å². The van der Waals surface area contributed by atoms with Crippen LogP contribution in [0.1, 0.15) is 0 Å². The van der Waals surface area contributed by atoms with Crippen molar-refractivity contribution in [2.75, 3.05) is 17.7 Å². The topological polar surface area (TPSA) is 93.5 Å². The van der Waals surface area contributed by atoms with E-state index in [1.165, 1.54) is 25.3 Å². The number of carbonyl (C=O) groups is 1. The number of benzene rings is 2. The van der Waals surface area contributed by atoms with Gasteiger partial charge in [-0.15, -0.1) is 0 Å². The van der Waals surface area contributed by atoms with Gasteiger partial charge in [0.2, 0.25) is 5.75 Å². The maximum absolute atomic E-state index is 12.0. The van der Waals surface area contributed by atoms with Gasteiger partial charge in [0.05, 0.1) is 28.4 Å². The van der Waals surface area contributed by atoms with Gasteiger partial charge in [-0.2, -0.15) is 0 Å². The van der Waals surface area contributed by atoms with Crippen LogP contribution < -0.4 is 15.4 Å². The van der Waals surface area contributed by atoms with E-state index in [1.54, 1.807) is 24.3 Å². The minimum atomic E-state index is -0.591. The first kappa shape index (κ1) is 15.6. The summed E-state index contributed by atoms with van der Waals surface area (Å²) in [5.41, 5.74) is 0.366. The summed E-state index contributed by atoms with van der Waals surface area (Å²) in [6, 6.07) is 10.4. The molecule has 0 aliphatic carbocycles. The minimum Gasteiger partial charge on any atom is -0.489 e. The van der Waals surface area contributed by atoms with Crippen molar-refractivity contribution in [3.05, 3.63) is 57.6 Å². The standard InChI is InChI=1S/C14H12ClN3O4/c1-22-13-11(7-4-8-12(13)18(20)21)17-14(19)16-10-6-3-2-5-9(10)15/h2-8H,1H3,(H2,16,17,19). The Kier molecular flexibility index (Phi) is 4.80. The number of nitro groups is 1. The SMILES string of the molecule is COc1c(NC(=O)Nc2ccccc2Cl)cccc1[N+](=O)[O-]. The molecule has 2 rings (SSSR count). The molecule has 0 saturated heterocycles. The van der Waals surface area contributed by atoms with E-state index < -0.39 is 11.0 Å². The second-order valence-corrected chi connectivity index (χ2v) is 4.58. The second kappa shape index (κ2) is 6.77. The zero-order chi connectivity index (χ0) is 16.1. The summed E-state index contributed by atoms with van der Waals surface area (Å²) >= 11 is 5.94. The van der Waals surface area contributed by atoms with E-state index in [9.17, 15) is 14.9 Å². The van der Waals surface area contributed by atoms with Crippen LogP contribution in [0, 0.1) is 10.1 Å². The molecule has 0 spiro atoms. The summed E-state index contributed by atoms with van der Waals surface area (Å²) in [6.07, 6.45) is 0. The van der Waals surface area contributed by atoms with Crippen LogP contribution in [0.2, 0.25) is 5.02 Å². The molecule has 8 heteroatoms. The van der Waals surface area contributed by atoms with Crippen molar-refractivity contribution in [2.24, 2.45) is 0 Å². The number of hydrogen-bond acceptors (Lipinski definition) is 4. The molecule has 0 atom stereocenters. The van der Waals surface area contributed by atoms with Gasteiger partial charge in [-0.25, -0.2) is 4.79 Å². The molecule has 0 unspecified atom stereocenters. The van der Waals surface area contributed by atoms with Crippen LogP contribution >= 0.6 is 11.6 Å². The lowest BCUT2D eigenvalue weighted by Crippen LogP contribution is -2.20. The lowest BCUT2D eigenvalue weighted by molar-refractivity contribution is -0.385. The predicted octanol–water partition coefficient (Wildman–Crippen LogP) is 3.90. The molecule has 2 aromatic carbocycles. The molecule has 2 aromatic rings. The maximum Gasteiger partial charge on any atom is 0.323 e. The van der Waals surface area contributed by atoms with Crippen LogP contribution in [-0.2, 0) is 0 Å². The number of hydrogen-bond donors (Lipinski definition) is 2. The van der Waals surface area contributed by atoms with E-state index in [4.69, 9.17) is 16.3 Å². The number of nitrogens with zero attached hydrogens (tertiary/aromatic N) is 1. The highest BCUT2D eigenvalue weighted by molar-refractivity contribution is 6.33. The Balaban J connectivity index is 2.20. The Bertz CT molecular complexity index is 721. The predicted molar refractivity (Wildman–Crippen MR) is 83.7 cm³/mol. The molecule has 0 bridgehead atoms. The first-order chi connectivity index (χ1) is 10.5. The fourth-order valence-corrected chi connectivity index (χ4v) is 2.00. The number of para-hydroxylation sites is 2. The summed E-state index contributed by atoms with van der Waals surface area (Å²) in [4.78, 5) is 22.3. The molecule has 2 amide bonds. The smallest absolute Gasteiger partial charge is 0.323 e. The van der Waals surface area contributed by atoms with Gasteiger partial charge < -0.3 is 15.4 Å². The van der Waals surface area contributed by atoms with E-state index >= 15 is 0 Å². The molecular weight excluding hydrogens is 310 g/mol. The normalized spacial score (nSPS) is 9.91. The molecule has 114 valence electrons. The number of halogens is 1. The fraction of sp³-hybridized carbons (Fsp3) is 0.0714. The van der Waals surface area contributed by atoms with Crippen molar-refractivity contribution in [1.82, 2.24) is 0 Å². The summed E-state index contributed by atoms with van der Waals surface area (Å²) in [7, 11) is 1.29. The van der Waals surface area contributed by atoms with Gasteiger partial charge in [0.15, 0.2) is 0 Å². The van der Waals surface area contributed by atoms with Crippen LogP contribution in [0.15, 0.2) is 42.5 Å². The minimum absolute atomic E-state index is 0.0261. The lowest BCUT2D eigenvalue weighted by Gasteiger charge is -2.11. The zero-order valence-corrected chi connectivity index (χ0v) is 12.3. The van der Waals surface area contributed by atoms with Crippen molar-refractivity contribution < 1.29 is 14.5 Å². The number of anilines is 2. The number of ether oxygens (including phenoxy) is 1. The molecule has 0 heterocycles. The molecular formula is C14H12ClN3O4. The third kappa shape index (κ3) is 3.44. The number of nitro benzene ring substituents is 1. The van der Waals surface area contributed by atoms with Crippen molar-refractivity contribution in [2.45, 2.75) is 0 Å². The van der Waals surface area contributed by atoms with Gasteiger partial charge in [-0.3, -0.25) is 10.1 Å². The largest absolute Gasteiger partial charge is 0.489 e. The molecule has 0 saturated carbocycles. The number of amides is 2. The molecule has 0 radical (unpaired) electrons. The van der Waals surface area contributed by atoms with Crippen molar-refractivity contribution >= 4 is 34.7 Å². The van der Waals surface area contributed by atoms with Gasteiger partial charge in [0.25, 0.3) is 0 Å². The lowest BCUT2D eigenvalue weighted by atomic mass is 10.2. The van der Waals surface area contributed by atoms with Crippen LogP contribution in [0.3, 0.4) is 0 Å². The van der Waals surface area contributed by atoms with Gasteiger partial charge in [-0.1, -0.05) is 29.8 Å².